The molecule has 14 heavy (non-hydrogen) atoms. The second-order valence-corrected chi connectivity index (χ2v) is 4.04. The van der Waals surface area contributed by atoms with Crippen LogP contribution in [0.4, 0.5) is 0 Å². The van der Waals surface area contributed by atoms with Gasteiger partial charge in [-0.25, -0.2) is 0 Å². The van der Waals surface area contributed by atoms with E-state index in [0.717, 1.165) is 25.2 Å². The molecule has 1 aliphatic heterocycles. The van der Waals surface area contributed by atoms with Gasteiger partial charge in [0.25, 0.3) is 0 Å². The van der Waals surface area contributed by atoms with Gasteiger partial charge in [0.05, 0.1) is 5.69 Å². The van der Waals surface area contributed by atoms with Crippen molar-refractivity contribution < 1.29 is 0 Å². The van der Waals surface area contributed by atoms with Crippen LogP contribution in [0.3, 0.4) is 0 Å². The number of hydrogen-bond donors (Lipinski definition) is 2. The molecule has 2 rings (SSSR count). The maximum absolute atomic E-state index is 5.68. The molecule has 0 fully saturated rings. The number of hydrogen-bond acceptors (Lipinski definition) is 3. The molecule has 0 radical (unpaired) electrons. The van der Waals surface area contributed by atoms with Crippen molar-refractivity contribution in [3.63, 3.8) is 0 Å². The van der Waals surface area contributed by atoms with E-state index in [2.05, 4.69) is 28.9 Å². The van der Waals surface area contributed by atoms with Crippen molar-refractivity contribution in [3.05, 3.63) is 17.0 Å². The first-order valence-corrected chi connectivity index (χ1v) is 5.24. The molecule has 4 heteroatoms. The van der Waals surface area contributed by atoms with Crippen LogP contribution >= 0.6 is 0 Å². The Labute approximate surface area is 84.5 Å². The van der Waals surface area contributed by atoms with Crippen LogP contribution < -0.4 is 11.1 Å². The predicted molar refractivity (Wildman–Crippen MR) is 55.9 cm³/mol. The molecule has 0 atom stereocenters. The van der Waals surface area contributed by atoms with Gasteiger partial charge in [0, 0.05) is 43.4 Å². The third kappa shape index (κ3) is 1.44. The van der Waals surface area contributed by atoms with E-state index >= 15 is 0 Å². The molecule has 0 aromatic carbocycles. The minimum atomic E-state index is 0.433. The number of rotatable bonds is 2. The van der Waals surface area contributed by atoms with E-state index in [-0.39, 0.29) is 0 Å². The summed E-state index contributed by atoms with van der Waals surface area (Å²) >= 11 is 0. The molecule has 0 spiro atoms. The molecule has 1 aromatic heterocycles. The van der Waals surface area contributed by atoms with Crippen LogP contribution in [0.1, 0.15) is 36.8 Å². The molecule has 0 unspecified atom stereocenters. The smallest absolute Gasteiger partial charge is 0.0808 e. The maximum atomic E-state index is 5.68. The van der Waals surface area contributed by atoms with E-state index < -0.39 is 0 Å². The molecule has 1 aliphatic rings. The standard InChI is InChI=1S/C10H18N4/c1-7(2)14-10-3-4-12-6-8(10)9(5-11)13-14/h7,12H,3-6,11H2,1-2H3. The number of nitrogens with two attached hydrogens (primary N) is 1. The third-order valence-corrected chi connectivity index (χ3v) is 2.72. The Hall–Kier alpha value is -0.870. The molecule has 78 valence electrons. The highest BCUT2D eigenvalue weighted by Gasteiger charge is 2.20. The summed E-state index contributed by atoms with van der Waals surface area (Å²) in [6.07, 6.45) is 1.07. The van der Waals surface area contributed by atoms with Crippen LogP contribution in [0.2, 0.25) is 0 Å². The maximum Gasteiger partial charge on any atom is 0.0808 e. The van der Waals surface area contributed by atoms with Gasteiger partial charge in [-0.3, -0.25) is 4.68 Å². The summed E-state index contributed by atoms with van der Waals surface area (Å²) in [5, 5.41) is 7.92. The van der Waals surface area contributed by atoms with Crippen molar-refractivity contribution in [2.24, 2.45) is 5.73 Å². The van der Waals surface area contributed by atoms with Crippen molar-refractivity contribution in [3.8, 4) is 0 Å². The van der Waals surface area contributed by atoms with Crippen molar-refractivity contribution in [1.29, 1.82) is 0 Å². The van der Waals surface area contributed by atoms with Gasteiger partial charge < -0.3 is 11.1 Å². The Morgan fingerprint density at radius 1 is 1.57 bits per heavy atom. The van der Waals surface area contributed by atoms with Gasteiger partial charge in [0.15, 0.2) is 0 Å². The zero-order valence-electron chi connectivity index (χ0n) is 8.88. The van der Waals surface area contributed by atoms with Crippen molar-refractivity contribution in [2.45, 2.75) is 39.4 Å². The summed E-state index contributed by atoms with van der Waals surface area (Å²) in [4.78, 5) is 0. The molecule has 3 N–H and O–H groups in total. The minimum absolute atomic E-state index is 0.433. The number of fused-ring (bicyclic) bond motifs is 1. The Balaban J connectivity index is 2.46. The summed E-state index contributed by atoms with van der Waals surface area (Å²) in [6, 6.07) is 0.433. The topological polar surface area (TPSA) is 55.9 Å². The highest BCUT2D eigenvalue weighted by atomic mass is 15.3. The molecule has 4 nitrogen and oxygen atoms in total. The SMILES string of the molecule is CC(C)n1nc(CN)c2c1CCNC2. The van der Waals surface area contributed by atoms with E-state index in [9.17, 15) is 0 Å². The fourth-order valence-corrected chi connectivity index (χ4v) is 2.04. The zero-order valence-corrected chi connectivity index (χ0v) is 8.88. The van der Waals surface area contributed by atoms with Crippen LogP contribution in [-0.2, 0) is 19.5 Å². The van der Waals surface area contributed by atoms with Crippen LogP contribution in [0, 0.1) is 0 Å². The van der Waals surface area contributed by atoms with Gasteiger partial charge >= 0.3 is 0 Å². The van der Waals surface area contributed by atoms with E-state index in [0.29, 0.717) is 12.6 Å². The summed E-state index contributed by atoms with van der Waals surface area (Å²) in [5.74, 6) is 0. The van der Waals surface area contributed by atoms with E-state index in [4.69, 9.17) is 5.73 Å². The van der Waals surface area contributed by atoms with Crippen LogP contribution in [0.5, 0.6) is 0 Å². The lowest BCUT2D eigenvalue weighted by molar-refractivity contribution is 0.491. The summed E-state index contributed by atoms with van der Waals surface area (Å²) in [5.41, 5.74) is 9.44. The molecular weight excluding hydrogens is 176 g/mol. The van der Waals surface area contributed by atoms with Gasteiger partial charge in [-0.05, 0) is 13.8 Å². The fraction of sp³-hybridized carbons (Fsp3) is 0.700. The molecule has 1 aromatic rings. The van der Waals surface area contributed by atoms with Crippen molar-refractivity contribution in [2.75, 3.05) is 6.54 Å². The monoisotopic (exact) mass is 194 g/mol. The molecule has 0 amide bonds. The lowest BCUT2D eigenvalue weighted by Crippen LogP contribution is -2.25. The summed E-state index contributed by atoms with van der Waals surface area (Å²) in [7, 11) is 0. The summed E-state index contributed by atoms with van der Waals surface area (Å²) < 4.78 is 2.12. The highest BCUT2D eigenvalue weighted by molar-refractivity contribution is 5.28. The second kappa shape index (κ2) is 3.71. The number of aromatic nitrogens is 2. The number of nitrogens with one attached hydrogen (secondary N) is 1. The third-order valence-electron chi connectivity index (χ3n) is 2.72. The van der Waals surface area contributed by atoms with Gasteiger partial charge in [0.1, 0.15) is 0 Å². The first kappa shape index (κ1) is 9.68. The Morgan fingerprint density at radius 3 is 3.00 bits per heavy atom. The molecule has 0 aliphatic carbocycles. The molecular formula is C10H18N4. The lowest BCUT2D eigenvalue weighted by atomic mass is 10.1. The van der Waals surface area contributed by atoms with Crippen molar-refractivity contribution >= 4 is 0 Å². The zero-order chi connectivity index (χ0) is 10.1. The van der Waals surface area contributed by atoms with E-state index in [1.807, 2.05) is 0 Å². The predicted octanol–water partition coefficient (Wildman–Crippen LogP) is 0.568. The molecule has 0 saturated carbocycles. The Morgan fingerprint density at radius 2 is 2.36 bits per heavy atom. The lowest BCUT2D eigenvalue weighted by Gasteiger charge is -2.17. The van der Waals surface area contributed by atoms with E-state index in [1.165, 1.54) is 11.3 Å². The minimum Gasteiger partial charge on any atom is -0.325 e. The van der Waals surface area contributed by atoms with Gasteiger partial charge in [-0.15, -0.1) is 0 Å². The molecule has 0 bridgehead atoms. The van der Waals surface area contributed by atoms with Crippen LogP contribution in [0.15, 0.2) is 0 Å². The quantitative estimate of drug-likeness (QED) is 0.723. The van der Waals surface area contributed by atoms with Crippen LogP contribution in [-0.4, -0.2) is 16.3 Å². The van der Waals surface area contributed by atoms with Crippen LogP contribution in [0.25, 0.3) is 0 Å². The number of nitrogens with zero attached hydrogens (tertiary/aromatic N) is 2. The Bertz CT molecular complexity index is 327. The molecule has 0 saturated heterocycles. The molecule has 2 heterocycles. The Kier molecular flexibility index (Phi) is 2.56. The van der Waals surface area contributed by atoms with Crippen molar-refractivity contribution in [1.82, 2.24) is 15.1 Å². The first-order chi connectivity index (χ1) is 6.74. The van der Waals surface area contributed by atoms with Gasteiger partial charge in [-0.2, -0.15) is 5.10 Å². The largest absolute Gasteiger partial charge is 0.325 e. The van der Waals surface area contributed by atoms with E-state index in [1.54, 1.807) is 0 Å². The van der Waals surface area contributed by atoms with Gasteiger partial charge in [0.2, 0.25) is 0 Å². The highest BCUT2D eigenvalue weighted by Crippen LogP contribution is 2.21. The average molecular weight is 194 g/mol. The first-order valence-electron chi connectivity index (χ1n) is 5.24. The summed E-state index contributed by atoms with van der Waals surface area (Å²) in [6.45, 7) is 6.85. The van der Waals surface area contributed by atoms with Gasteiger partial charge in [-0.1, -0.05) is 0 Å². The second-order valence-electron chi connectivity index (χ2n) is 4.04. The average Bonchev–Trinajstić information content (AvgIpc) is 2.56. The normalized spacial score (nSPS) is 16.0. The fourth-order valence-electron chi connectivity index (χ4n) is 2.04.